The highest BCUT2D eigenvalue weighted by molar-refractivity contribution is 5.73. The normalized spacial score (nSPS) is 16.0. The molecule has 2 unspecified atom stereocenters. The van der Waals surface area contributed by atoms with Gasteiger partial charge in [0.1, 0.15) is 6.61 Å². The Balaban J connectivity index is 4.71. The average Bonchev–Trinajstić information content (AvgIpc) is 2.66. The summed E-state index contributed by atoms with van der Waals surface area (Å²) in [7, 11) is 0. The standard InChI is InChI=1S/C32H64O5/c1-17-30(11,12)37-24(2)22-29(9,10)32(15,16)36-19-18-31(13,14)35-21-20-34-26(33)25(28(6,7)8)23-27(3,4)5/h24-25H,17-23H2,1-16H3. The molecule has 0 aliphatic heterocycles. The number of esters is 1. The molecule has 0 N–H and O–H groups in total. The van der Waals surface area contributed by atoms with Crippen LogP contribution in [0, 0.1) is 22.2 Å². The summed E-state index contributed by atoms with van der Waals surface area (Å²) in [4.78, 5) is 12.8. The van der Waals surface area contributed by atoms with E-state index < -0.39 is 0 Å². The molecule has 0 saturated carbocycles. The maximum absolute atomic E-state index is 12.8. The summed E-state index contributed by atoms with van der Waals surface area (Å²) in [6, 6.07) is 0. The van der Waals surface area contributed by atoms with Crippen molar-refractivity contribution in [2.24, 2.45) is 22.2 Å². The van der Waals surface area contributed by atoms with Crippen LogP contribution in [0.25, 0.3) is 0 Å². The van der Waals surface area contributed by atoms with Gasteiger partial charge in [-0.3, -0.25) is 4.79 Å². The Morgan fingerprint density at radius 1 is 0.703 bits per heavy atom. The first-order valence-corrected chi connectivity index (χ1v) is 14.5. The van der Waals surface area contributed by atoms with Gasteiger partial charge >= 0.3 is 5.97 Å². The van der Waals surface area contributed by atoms with Crippen LogP contribution in [0.4, 0.5) is 0 Å². The molecule has 5 heteroatoms. The summed E-state index contributed by atoms with van der Waals surface area (Å²) in [6.45, 7) is 35.6. The molecule has 2 atom stereocenters. The minimum absolute atomic E-state index is 0.0634. The van der Waals surface area contributed by atoms with Gasteiger partial charge < -0.3 is 18.9 Å². The molecule has 0 fully saturated rings. The first-order chi connectivity index (χ1) is 16.3. The number of hydrogen-bond donors (Lipinski definition) is 0. The van der Waals surface area contributed by atoms with Crippen molar-refractivity contribution in [3.8, 4) is 0 Å². The van der Waals surface area contributed by atoms with Gasteiger partial charge in [-0.1, -0.05) is 62.3 Å². The minimum Gasteiger partial charge on any atom is -0.463 e. The lowest BCUT2D eigenvalue weighted by Gasteiger charge is -2.44. The van der Waals surface area contributed by atoms with Crippen molar-refractivity contribution in [3.63, 3.8) is 0 Å². The lowest BCUT2D eigenvalue weighted by atomic mass is 9.72. The average molecular weight is 529 g/mol. The maximum Gasteiger partial charge on any atom is 0.309 e. The van der Waals surface area contributed by atoms with Crippen LogP contribution in [0.15, 0.2) is 0 Å². The second-order valence-electron chi connectivity index (χ2n) is 15.7. The Bertz CT molecular complexity index is 676. The molecule has 0 bridgehead atoms. The van der Waals surface area contributed by atoms with Crippen molar-refractivity contribution in [1.29, 1.82) is 0 Å². The number of hydrogen-bond acceptors (Lipinski definition) is 5. The van der Waals surface area contributed by atoms with E-state index in [1.165, 1.54) is 0 Å². The van der Waals surface area contributed by atoms with Crippen LogP contribution in [0.2, 0.25) is 0 Å². The van der Waals surface area contributed by atoms with E-state index in [0.717, 1.165) is 25.7 Å². The van der Waals surface area contributed by atoms with Gasteiger partial charge in [0.25, 0.3) is 0 Å². The zero-order valence-corrected chi connectivity index (χ0v) is 27.6. The molecule has 0 rings (SSSR count). The van der Waals surface area contributed by atoms with E-state index in [4.69, 9.17) is 18.9 Å². The molecular formula is C32H64O5. The minimum atomic E-state index is -0.372. The van der Waals surface area contributed by atoms with Crippen LogP contribution in [-0.4, -0.2) is 48.7 Å². The smallest absolute Gasteiger partial charge is 0.309 e. The molecular weight excluding hydrogens is 464 g/mol. The molecule has 0 amide bonds. The molecule has 0 heterocycles. The first kappa shape index (κ1) is 36.4. The molecule has 5 nitrogen and oxygen atoms in total. The van der Waals surface area contributed by atoms with Gasteiger partial charge in [0.15, 0.2) is 0 Å². The number of carbonyl (C=O) groups excluding carboxylic acids is 1. The summed E-state index contributed by atoms with van der Waals surface area (Å²) in [5.41, 5.74) is -0.944. The van der Waals surface area contributed by atoms with E-state index in [1.54, 1.807) is 0 Å². The van der Waals surface area contributed by atoms with E-state index >= 15 is 0 Å². The SMILES string of the molecule is CCC(C)(C)OC(C)CC(C)(C)C(C)(C)OCCC(C)(C)OCCOC(=O)C(CC(C)(C)C)C(C)(C)C. The van der Waals surface area contributed by atoms with Crippen LogP contribution >= 0.6 is 0 Å². The fourth-order valence-electron chi connectivity index (χ4n) is 4.37. The second-order valence-corrected chi connectivity index (χ2v) is 15.7. The Morgan fingerprint density at radius 3 is 1.70 bits per heavy atom. The fraction of sp³-hybridized carbons (Fsp3) is 0.969. The van der Waals surface area contributed by atoms with Crippen molar-refractivity contribution in [3.05, 3.63) is 0 Å². The van der Waals surface area contributed by atoms with Crippen molar-refractivity contribution >= 4 is 5.97 Å². The molecule has 0 saturated heterocycles. The van der Waals surface area contributed by atoms with Gasteiger partial charge in [-0.05, 0) is 90.4 Å². The lowest BCUT2D eigenvalue weighted by Crippen LogP contribution is -2.45. The summed E-state index contributed by atoms with van der Waals surface area (Å²) in [6.07, 6.45) is 3.60. The molecule has 0 aromatic heterocycles. The molecule has 37 heavy (non-hydrogen) atoms. The van der Waals surface area contributed by atoms with Crippen molar-refractivity contribution in [2.75, 3.05) is 19.8 Å². The van der Waals surface area contributed by atoms with Crippen LogP contribution in [-0.2, 0) is 23.7 Å². The number of carbonyl (C=O) groups is 1. The van der Waals surface area contributed by atoms with Gasteiger partial charge in [-0.15, -0.1) is 0 Å². The highest BCUT2D eigenvalue weighted by Crippen LogP contribution is 2.40. The maximum atomic E-state index is 12.8. The predicted octanol–water partition coefficient (Wildman–Crippen LogP) is 8.62. The van der Waals surface area contributed by atoms with Crippen molar-refractivity contribution in [1.82, 2.24) is 0 Å². The molecule has 222 valence electrons. The van der Waals surface area contributed by atoms with Crippen LogP contribution in [0.1, 0.15) is 136 Å². The van der Waals surface area contributed by atoms with Gasteiger partial charge in [0, 0.05) is 0 Å². The van der Waals surface area contributed by atoms with E-state index in [2.05, 4.69) is 111 Å². The molecule has 0 aromatic carbocycles. The Labute approximate surface area is 231 Å². The fourth-order valence-corrected chi connectivity index (χ4v) is 4.37. The molecule has 0 radical (unpaired) electrons. The highest BCUT2D eigenvalue weighted by Gasteiger charge is 2.40. The number of ether oxygens (including phenoxy) is 4. The largest absolute Gasteiger partial charge is 0.463 e. The van der Waals surface area contributed by atoms with E-state index in [9.17, 15) is 4.79 Å². The third-order valence-corrected chi connectivity index (χ3v) is 7.93. The lowest BCUT2D eigenvalue weighted by molar-refractivity contribution is -0.159. The van der Waals surface area contributed by atoms with Crippen molar-refractivity contribution in [2.45, 2.75) is 159 Å². The van der Waals surface area contributed by atoms with Gasteiger partial charge in [-0.25, -0.2) is 0 Å². The zero-order valence-electron chi connectivity index (χ0n) is 27.6. The molecule has 0 spiro atoms. The summed E-state index contributed by atoms with van der Waals surface area (Å²) >= 11 is 0. The Morgan fingerprint density at radius 2 is 1.24 bits per heavy atom. The highest BCUT2D eigenvalue weighted by atomic mass is 16.6. The second kappa shape index (κ2) is 13.6. The summed E-state index contributed by atoms with van der Waals surface area (Å²) in [5.74, 6) is -0.266. The van der Waals surface area contributed by atoms with Gasteiger partial charge in [-0.2, -0.15) is 0 Å². The van der Waals surface area contributed by atoms with E-state index in [0.29, 0.717) is 13.2 Å². The monoisotopic (exact) mass is 528 g/mol. The first-order valence-electron chi connectivity index (χ1n) is 14.5. The topological polar surface area (TPSA) is 54.0 Å². The van der Waals surface area contributed by atoms with Crippen LogP contribution < -0.4 is 0 Å². The summed E-state index contributed by atoms with van der Waals surface area (Å²) < 4.78 is 24.5. The summed E-state index contributed by atoms with van der Waals surface area (Å²) in [5, 5.41) is 0. The van der Waals surface area contributed by atoms with Crippen LogP contribution in [0.5, 0.6) is 0 Å². The molecule has 0 aromatic rings. The Kier molecular flexibility index (Phi) is 13.4. The Hall–Kier alpha value is -0.650. The predicted molar refractivity (Wildman–Crippen MR) is 156 cm³/mol. The zero-order chi connectivity index (χ0) is 29.5. The molecule has 0 aliphatic carbocycles. The molecule has 0 aliphatic rings. The van der Waals surface area contributed by atoms with Gasteiger partial charge in [0.2, 0.25) is 0 Å². The van der Waals surface area contributed by atoms with Gasteiger partial charge in [0.05, 0.1) is 42.0 Å². The van der Waals surface area contributed by atoms with Crippen molar-refractivity contribution < 1.29 is 23.7 Å². The third-order valence-electron chi connectivity index (χ3n) is 7.93. The van der Waals surface area contributed by atoms with Crippen LogP contribution in [0.3, 0.4) is 0 Å². The van der Waals surface area contributed by atoms with E-state index in [1.807, 2.05) is 0 Å². The van der Waals surface area contributed by atoms with E-state index in [-0.39, 0.29) is 57.6 Å². The quantitative estimate of drug-likeness (QED) is 0.148. The number of rotatable bonds is 16. The third kappa shape index (κ3) is 14.3.